The monoisotopic (exact) mass is 650 g/mol. The molecule has 3 aromatic rings. The molecule has 0 saturated heterocycles. The molecule has 9 nitrogen and oxygen atoms in total. The molecule has 2 aromatic carbocycles. The highest BCUT2D eigenvalue weighted by Gasteiger charge is 2.34. The van der Waals surface area contributed by atoms with Crippen molar-refractivity contribution < 1.29 is 29.2 Å². The smallest absolute Gasteiger partial charge is 0.338 e. The van der Waals surface area contributed by atoms with E-state index in [4.69, 9.17) is 14.2 Å². The first kappa shape index (κ1) is 27.7. The number of nitrogens with zero attached hydrogens (tertiary/aromatic N) is 2. The topological polar surface area (TPSA) is 120 Å². The van der Waals surface area contributed by atoms with Gasteiger partial charge in [-0.05, 0) is 80.1 Å². The summed E-state index contributed by atoms with van der Waals surface area (Å²) in [6.45, 7) is 7.39. The number of phenols is 2. The highest BCUT2D eigenvalue weighted by Crippen LogP contribution is 2.36. The van der Waals surface area contributed by atoms with E-state index in [0.29, 0.717) is 41.2 Å². The highest BCUT2D eigenvalue weighted by molar-refractivity contribution is 14.1. The molecule has 0 amide bonds. The molecule has 0 aliphatic carbocycles. The molecule has 1 aromatic heterocycles. The third-order valence-corrected chi connectivity index (χ3v) is 7.61. The number of esters is 1. The van der Waals surface area contributed by atoms with Crippen molar-refractivity contribution in [1.29, 1.82) is 0 Å². The molecule has 2 N–H and O–H groups in total. The van der Waals surface area contributed by atoms with E-state index in [-0.39, 0.29) is 29.8 Å². The number of allylic oxidation sites excluding steroid dienone is 1. The van der Waals surface area contributed by atoms with E-state index in [9.17, 15) is 19.8 Å². The predicted octanol–water partition coefficient (Wildman–Crippen LogP) is 3.61. The molecular formula is C27H27IN2O7S. The summed E-state index contributed by atoms with van der Waals surface area (Å²) < 4.78 is 19.0. The average molecular weight is 650 g/mol. The number of aromatic nitrogens is 1. The summed E-state index contributed by atoms with van der Waals surface area (Å²) in [5.74, 6) is 0.198. The van der Waals surface area contributed by atoms with Gasteiger partial charge in [0.15, 0.2) is 16.3 Å². The van der Waals surface area contributed by atoms with Gasteiger partial charge < -0.3 is 24.4 Å². The minimum Gasteiger partial charge on any atom is -0.507 e. The van der Waals surface area contributed by atoms with Crippen LogP contribution in [-0.4, -0.2) is 40.6 Å². The predicted molar refractivity (Wildman–Crippen MR) is 152 cm³/mol. The number of hydrogen-bond donors (Lipinski definition) is 2. The Kier molecular flexibility index (Phi) is 8.16. The van der Waals surface area contributed by atoms with Gasteiger partial charge in [0.1, 0.15) is 11.5 Å². The number of thiazole rings is 1. The number of methoxy groups -OCH3 is 1. The van der Waals surface area contributed by atoms with E-state index in [1.165, 1.54) is 17.7 Å². The molecule has 0 saturated carbocycles. The Bertz CT molecular complexity index is 1620. The van der Waals surface area contributed by atoms with Gasteiger partial charge in [-0.15, -0.1) is 0 Å². The van der Waals surface area contributed by atoms with E-state index in [1.54, 1.807) is 44.2 Å². The summed E-state index contributed by atoms with van der Waals surface area (Å²) in [6.07, 6.45) is 1.46. The summed E-state index contributed by atoms with van der Waals surface area (Å²) in [4.78, 5) is 31.9. The minimum atomic E-state index is -0.831. The third-order valence-electron chi connectivity index (χ3n) is 5.77. The van der Waals surface area contributed by atoms with Crippen LogP contribution in [0.15, 0.2) is 51.4 Å². The maximum absolute atomic E-state index is 13.8. The van der Waals surface area contributed by atoms with Crippen molar-refractivity contribution in [3.63, 3.8) is 0 Å². The molecule has 1 atom stereocenters. The Balaban J connectivity index is 1.96. The minimum absolute atomic E-state index is 0.0600. The number of benzene rings is 2. The fraction of sp³-hybridized carbons (Fsp3) is 0.296. The number of aromatic hydroxyl groups is 2. The number of fused-ring (bicyclic) bond motifs is 1. The maximum Gasteiger partial charge on any atom is 0.338 e. The highest BCUT2D eigenvalue weighted by atomic mass is 127. The van der Waals surface area contributed by atoms with E-state index >= 15 is 0 Å². The normalized spacial score (nSPS) is 15.3. The van der Waals surface area contributed by atoms with E-state index < -0.39 is 17.6 Å². The number of carbonyl (C=O) groups excluding carboxylic acids is 1. The van der Waals surface area contributed by atoms with Gasteiger partial charge in [-0.25, -0.2) is 9.79 Å². The first-order valence-electron chi connectivity index (χ1n) is 11.8. The van der Waals surface area contributed by atoms with Gasteiger partial charge in [0.05, 0.1) is 45.2 Å². The van der Waals surface area contributed by atoms with Gasteiger partial charge >= 0.3 is 5.97 Å². The van der Waals surface area contributed by atoms with Crippen molar-refractivity contribution >= 4 is 46.0 Å². The lowest BCUT2D eigenvalue weighted by atomic mass is 9.95. The number of ether oxygens (including phenoxy) is 3. The first-order valence-corrected chi connectivity index (χ1v) is 13.7. The van der Waals surface area contributed by atoms with Crippen LogP contribution in [0.4, 0.5) is 0 Å². The average Bonchev–Trinajstić information content (AvgIpc) is 3.16. The van der Waals surface area contributed by atoms with Crippen LogP contribution in [0.3, 0.4) is 0 Å². The fourth-order valence-corrected chi connectivity index (χ4v) is 5.66. The van der Waals surface area contributed by atoms with Crippen LogP contribution < -0.4 is 24.4 Å². The number of rotatable bonds is 7. The molecule has 0 radical (unpaired) electrons. The molecule has 0 unspecified atom stereocenters. The Morgan fingerprint density at radius 2 is 1.95 bits per heavy atom. The van der Waals surface area contributed by atoms with Crippen LogP contribution in [0.1, 0.15) is 44.9 Å². The molecule has 38 heavy (non-hydrogen) atoms. The third kappa shape index (κ3) is 5.30. The molecule has 0 fully saturated rings. The van der Waals surface area contributed by atoms with Crippen molar-refractivity contribution in [3.8, 4) is 23.0 Å². The van der Waals surface area contributed by atoms with Crippen LogP contribution in [0, 0.1) is 3.57 Å². The number of hydrogen-bond acceptors (Lipinski definition) is 9. The molecule has 11 heteroatoms. The summed E-state index contributed by atoms with van der Waals surface area (Å²) in [6, 6.07) is 7.25. The van der Waals surface area contributed by atoms with Crippen molar-refractivity contribution in [2.24, 2.45) is 4.99 Å². The maximum atomic E-state index is 13.8. The summed E-state index contributed by atoms with van der Waals surface area (Å²) in [5.41, 5.74) is 1.27. The summed E-state index contributed by atoms with van der Waals surface area (Å²) in [7, 11) is 1.52. The van der Waals surface area contributed by atoms with E-state index in [2.05, 4.69) is 4.99 Å². The number of halogens is 1. The van der Waals surface area contributed by atoms with Gasteiger partial charge in [-0.3, -0.25) is 9.36 Å². The van der Waals surface area contributed by atoms with Crippen molar-refractivity contribution in [1.82, 2.24) is 4.57 Å². The molecule has 2 heterocycles. The molecule has 0 spiro atoms. The number of phenolic OH excluding ortho intramolecular Hbond substituents is 2. The van der Waals surface area contributed by atoms with Gasteiger partial charge in [0.2, 0.25) is 0 Å². The Hall–Kier alpha value is -3.32. The zero-order valence-corrected chi connectivity index (χ0v) is 24.4. The van der Waals surface area contributed by atoms with Crippen LogP contribution in [-0.2, 0) is 9.53 Å². The molecule has 1 aliphatic rings. The Labute approximate surface area is 236 Å². The zero-order valence-electron chi connectivity index (χ0n) is 21.4. The van der Waals surface area contributed by atoms with Gasteiger partial charge in [-0.2, -0.15) is 0 Å². The first-order chi connectivity index (χ1) is 18.0. The van der Waals surface area contributed by atoms with Gasteiger partial charge in [0.25, 0.3) is 5.56 Å². The van der Waals surface area contributed by atoms with Gasteiger partial charge in [0, 0.05) is 11.6 Å². The Morgan fingerprint density at radius 3 is 2.61 bits per heavy atom. The van der Waals surface area contributed by atoms with Crippen LogP contribution >= 0.6 is 33.9 Å². The second kappa shape index (κ2) is 11.2. The van der Waals surface area contributed by atoms with Gasteiger partial charge in [-0.1, -0.05) is 17.4 Å². The quantitative estimate of drug-likeness (QED) is 0.296. The summed E-state index contributed by atoms with van der Waals surface area (Å²) >= 11 is 3.08. The van der Waals surface area contributed by atoms with Crippen molar-refractivity contribution in [2.45, 2.75) is 39.8 Å². The second-order valence-corrected chi connectivity index (χ2v) is 10.9. The lowest BCUT2D eigenvalue weighted by Gasteiger charge is -2.25. The van der Waals surface area contributed by atoms with Crippen molar-refractivity contribution in [2.75, 3.05) is 13.7 Å². The second-order valence-electron chi connectivity index (χ2n) is 8.74. The van der Waals surface area contributed by atoms with Crippen LogP contribution in [0.2, 0.25) is 0 Å². The lowest BCUT2D eigenvalue weighted by molar-refractivity contribution is -0.139. The molecular weight excluding hydrogens is 623 g/mol. The van der Waals surface area contributed by atoms with Crippen molar-refractivity contribution in [3.05, 3.63) is 76.0 Å². The largest absolute Gasteiger partial charge is 0.507 e. The van der Waals surface area contributed by atoms with E-state index in [0.717, 1.165) is 11.3 Å². The molecule has 200 valence electrons. The zero-order chi connectivity index (χ0) is 27.7. The summed E-state index contributed by atoms with van der Waals surface area (Å²) in [5, 5.41) is 20.2. The SMILES string of the molecule is CCOC(=O)C1=C(C)N=c2s/c(=C\c3cc(I)c(O)cc3O)c(=O)n2[C@H]1c1ccc(OC(C)C)c(OC)c1. The lowest BCUT2D eigenvalue weighted by Crippen LogP contribution is -2.40. The number of carbonyl (C=O) groups is 1. The Morgan fingerprint density at radius 1 is 1.21 bits per heavy atom. The van der Waals surface area contributed by atoms with E-state index in [1.807, 2.05) is 36.4 Å². The van der Waals surface area contributed by atoms with Crippen LogP contribution in [0.25, 0.3) is 6.08 Å². The molecule has 1 aliphatic heterocycles. The molecule has 4 rings (SSSR count). The molecule has 0 bridgehead atoms. The fourth-order valence-electron chi connectivity index (χ4n) is 4.14. The van der Waals surface area contributed by atoms with Crippen LogP contribution in [0.5, 0.6) is 23.0 Å². The standard InChI is InChI=1S/C27H27IN2O7S/c1-6-36-26(34)23-14(4)29-27-30(24(23)15-7-8-20(37-13(2)3)21(10-15)35-5)25(33)22(38-27)11-16-9-17(28)19(32)12-18(16)31/h7-13,24,31-32H,6H2,1-5H3/b22-11-/t24-/m0/s1.